The third-order valence-electron chi connectivity index (χ3n) is 7.38. The summed E-state index contributed by atoms with van der Waals surface area (Å²) in [5.74, 6) is 0.514. The molecule has 2 saturated carbocycles. The van der Waals surface area contributed by atoms with Gasteiger partial charge in [-0.15, -0.1) is 0 Å². The Balaban J connectivity index is 1.68. The molecule has 1 N–H and O–H groups in total. The minimum Gasteiger partial charge on any atom is -0.355 e. The summed E-state index contributed by atoms with van der Waals surface area (Å²) in [5, 5.41) is 3.06. The number of allylic oxidation sites excluding steroid dienone is 2. The molecule has 1 aromatic heterocycles. The summed E-state index contributed by atoms with van der Waals surface area (Å²) in [4.78, 5) is 39.1. The maximum atomic E-state index is 13.1. The van der Waals surface area contributed by atoms with Crippen LogP contribution >= 0.6 is 0 Å². The van der Waals surface area contributed by atoms with E-state index in [9.17, 15) is 9.59 Å². The molecule has 0 radical (unpaired) electrons. The van der Waals surface area contributed by atoms with Crippen molar-refractivity contribution in [2.75, 3.05) is 16.8 Å². The number of aliphatic imine (C=N–C) groups is 1. The van der Waals surface area contributed by atoms with E-state index in [0.29, 0.717) is 17.9 Å². The van der Waals surface area contributed by atoms with Crippen molar-refractivity contribution in [1.82, 2.24) is 10.3 Å². The zero-order valence-corrected chi connectivity index (χ0v) is 21.8. The molecule has 2 heterocycles. The Morgan fingerprint density at radius 2 is 1.94 bits per heavy atom. The fourth-order valence-electron chi connectivity index (χ4n) is 5.31. The molecule has 0 bridgehead atoms. The highest BCUT2D eigenvalue weighted by Gasteiger charge is 2.40. The Labute approximate surface area is 209 Å². The van der Waals surface area contributed by atoms with Gasteiger partial charge in [0.1, 0.15) is 6.04 Å². The molecule has 0 spiro atoms. The number of carbonyl (C=O) groups is 2. The standard InChI is InChI=1S/C28H39N5O2/c1-7-22-28(35)32(6)24-16-29-25(15-23(24)33(22)21-10-8-9-11-21)31-26(17(2)3)18(4)14-19(5)27(34)30-20-12-13-20/h14-16,19-22H,2,7-13H2,1,3-6H3,(H,30,34). The molecule has 7 heteroatoms. The lowest BCUT2D eigenvalue weighted by Gasteiger charge is -2.44. The molecule has 1 aliphatic heterocycles. The van der Waals surface area contributed by atoms with Gasteiger partial charge in [-0.25, -0.2) is 9.98 Å². The topological polar surface area (TPSA) is 77.9 Å². The van der Waals surface area contributed by atoms with Crippen molar-refractivity contribution in [1.29, 1.82) is 0 Å². The highest BCUT2D eigenvalue weighted by atomic mass is 16.2. The van der Waals surface area contributed by atoms with Crippen molar-refractivity contribution in [2.45, 2.75) is 90.8 Å². The van der Waals surface area contributed by atoms with Gasteiger partial charge in [0, 0.05) is 25.2 Å². The number of pyridine rings is 1. The van der Waals surface area contributed by atoms with Crippen LogP contribution in [0.3, 0.4) is 0 Å². The number of likely N-dealkylation sites (N-methyl/N-ethyl adjacent to an activating group) is 1. The van der Waals surface area contributed by atoms with Gasteiger partial charge < -0.3 is 15.1 Å². The zero-order chi connectivity index (χ0) is 25.3. The van der Waals surface area contributed by atoms with Gasteiger partial charge in [-0.2, -0.15) is 0 Å². The summed E-state index contributed by atoms with van der Waals surface area (Å²) in [6.07, 6.45) is 11.2. The number of amides is 2. The molecule has 0 aromatic carbocycles. The average Bonchev–Trinajstić information content (AvgIpc) is 3.48. The van der Waals surface area contributed by atoms with Gasteiger partial charge in [-0.1, -0.05) is 39.3 Å². The number of nitrogens with zero attached hydrogens (tertiary/aromatic N) is 4. The summed E-state index contributed by atoms with van der Waals surface area (Å²) < 4.78 is 0. The van der Waals surface area contributed by atoms with Gasteiger partial charge in [0.05, 0.1) is 29.2 Å². The number of nitrogens with one attached hydrogen (secondary N) is 1. The molecule has 2 unspecified atom stereocenters. The molecule has 35 heavy (non-hydrogen) atoms. The van der Waals surface area contributed by atoms with Crippen LogP contribution in [0.25, 0.3) is 0 Å². The monoisotopic (exact) mass is 477 g/mol. The van der Waals surface area contributed by atoms with Crippen molar-refractivity contribution in [3.05, 3.63) is 36.1 Å². The molecule has 2 amide bonds. The highest BCUT2D eigenvalue weighted by Crippen LogP contribution is 2.42. The first-order valence-corrected chi connectivity index (χ1v) is 13.0. The molecule has 2 atom stereocenters. The molecule has 0 saturated heterocycles. The minimum absolute atomic E-state index is 0.0466. The van der Waals surface area contributed by atoms with E-state index < -0.39 is 0 Å². The van der Waals surface area contributed by atoms with Crippen LogP contribution in [0.4, 0.5) is 17.2 Å². The van der Waals surface area contributed by atoms with Crippen LogP contribution in [0.15, 0.2) is 41.1 Å². The van der Waals surface area contributed by atoms with E-state index in [0.717, 1.165) is 60.3 Å². The van der Waals surface area contributed by atoms with Crippen LogP contribution < -0.4 is 15.1 Å². The summed E-state index contributed by atoms with van der Waals surface area (Å²) in [7, 11) is 1.83. The largest absolute Gasteiger partial charge is 0.355 e. The Kier molecular flexibility index (Phi) is 7.43. The number of rotatable bonds is 8. The van der Waals surface area contributed by atoms with Gasteiger partial charge >= 0.3 is 0 Å². The number of fused-ring (bicyclic) bond motifs is 1. The zero-order valence-electron chi connectivity index (χ0n) is 21.8. The van der Waals surface area contributed by atoms with Crippen LogP contribution in [0.2, 0.25) is 0 Å². The van der Waals surface area contributed by atoms with E-state index >= 15 is 0 Å². The van der Waals surface area contributed by atoms with E-state index in [1.807, 2.05) is 40.0 Å². The number of hydrogen-bond donors (Lipinski definition) is 1. The van der Waals surface area contributed by atoms with Crippen LogP contribution in [0, 0.1) is 5.92 Å². The Bertz CT molecular complexity index is 1070. The molecule has 7 nitrogen and oxygen atoms in total. The van der Waals surface area contributed by atoms with E-state index in [4.69, 9.17) is 4.99 Å². The third kappa shape index (κ3) is 5.34. The third-order valence-corrected chi connectivity index (χ3v) is 7.38. The smallest absolute Gasteiger partial charge is 0.249 e. The second-order valence-corrected chi connectivity index (χ2v) is 10.4. The summed E-state index contributed by atoms with van der Waals surface area (Å²) in [6, 6.07) is 2.55. The fraction of sp³-hybridized carbons (Fsp3) is 0.571. The van der Waals surface area contributed by atoms with Gasteiger partial charge in [0.25, 0.3) is 0 Å². The molecule has 2 fully saturated rings. The highest BCUT2D eigenvalue weighted by molar-refractivity contribution is 6.12. The van der Waals surface area contributed by atoms with Crippen LogP contribution in [0.5, 0.6) is 0 Å². The van der Waals surface area contributed by atoms with Gasteiger partial charge in [0.15, 0.2) is 5.82 Å². The van der Waals surface area contributed by atoms with Gasteiger partial charge in [-0.05, 0) is 57.1 Å². The lowest BCUT2D eigenvalue weighted by Crippen LogP contribution is -2.55. The number of anilines is 2. The molecular formula is C28H39N5O2. The molecule has 2 aliphatic carbocycles. The molecular weight excluding hydrogens is 438 g/mol. The van der Waals surface area contributed by atoms with Gasteiger partial charge in [-0.3, -0.25) is 9.59 Å². The van der Waals surface area contributed by atoms with Crippen molar-refractivity contribution < 1.29 is 9.59 Å². The first-order chi connectivity index (χ1) is 16.7. The Morgan fingerprint density at radius 3 is 2.54 bits per heavy atom. The van der Waals surface area contributed by atoms with E-state index in [2.05, 4.69) is 28.7 Å². The summed E-state index contributed by atoms with van der Waals surface area (Å²) >= 11 is 0. The van der Waals surface area contributed by atoms with Crippen LogP contribution in [-0.2, 0) is 9.59 Å². The number of aromatic nitrogens is 1. The first-order valence-electron chi connectivity index (χ1n) is 13.0. The lowest BCUT2D eigenvalue weighted by molar-refractivity contribution is -0.123. The van der Waals surface area contributed by atoms with E-state index in [-0.39, 0.29) is 23.8 Å². The fourth-order valence-corrected chi connectivity index (χ4v) is 5.31. The van der Waals surface area contributed by atoms with Gasteiger partial charge in [0.2, 0.25) is 11.8 Å². The molecule has 1 aromatic rings. The predicted molar refractivity (Wildman–Crippen MR) is 142 cm³/mol. The van der Waals surface area contributed by atoms with E-state index in [1.165, 1.54) is 12.8 Å². The molecule has 3 aliphatic rings. The maximum absolute atomic E-state index is 13.1. The Morgan fingerprint density at radius 1 is 1.26 bits per heavy atom. The SMILES string of the molecule is C=C(C)C(=Nc1cc2c(cn1)N(C)C(=O)C(CC)N2C1CCCC1)C(C)=CC(C)C(=O)NC1CC1. The van der Waals surface area contributed by atoms with Crippen molar-refractivity contribution in [2.24, 2.45) is 10.9 Å². The van der Waals surface area contributed by atoms with Crippen LogP contribution in [0.1, 0.15) is 72.6 Å². The maximum Gasteiger partial charge on any atom is 0.249 e. The second-order valence-electron chi connectivity index (χ2n) is 10.4. The quantitative estimate of drug-likeness (QED) is 0.529. The normalized spacial score (nSPS) is 22.3. The summed E-state index contributed by atoms with van der Waals surface area (Å²) in [5.41, 5.74) is 4.32. The summed E-state index contributed by atoms with van der Waals surface area (Å²) in [6.45, 7) is 12.0. The number of hydrogen-bond acceptors (Lipinski definition) is 5. The molecule has 188 valence electrons. The Hall–Kier alpha value is -2.96. The first kappa shape index (κ1) is 25.1. The average molecular weight is 478 g/mol. The van der Waals surface area contributed by atoms with Crippen molar-refractivity contribution >= 4 is 34.7 Å². The van der Waals surface area contributed by atoms with Crippen molar-refractivity contribution in [3.63, 3.8) is 0 Å². The molecule has 4 rings (SSSR count). The minimum atomic E-state index is -0.250. The second kappa shape index (κ2) is 10.3. The lowest BCUT2D eigenvalue weighted by atomic mass is 10.0. The number of carbonyl (C=O) groups excluding carboxylic acids is 2. The predicted octanol–water partition coefficient (Wildman–Crippen LogP) is 5.10. The van der Waals surface area contributed by atoms with Crippen LogP contribution in [-0.4, -0.2) is 47.7 Å². The van der Waals surface area contributed by atoms with E-state index in [1.54, 1.807) is 11.1 Å². The van der Waals surface area contributed by atoms with Crippen molar-refractivity contribution in [3.8, 4) is 0 Å².